The van der Waals surface area contributed by atoms with Crippen LogP contribution >= 0.6 is 0 Å². The normalized spacial score (nSPS) is 24.5. The first-order valence-electron chi connectivity index (χ1n) is 13.7. The zero-order valence-electron chi connectivity index (χ0n) is 21.7. The van der Waals surface area contributed by atoms with Crippen LogP contribution < -0.4 is 10.6 Å². The first kappa shape index (κ1) is 25.4. The third-order valence-electron chi connectivity index (χ3n) is 7.84. The molecular weight excluding hydrogens is 416 g/mol. The predicted molar refractivity (Wildman–Crippen MR) is 144 cm³/mol. The maximum atomic E-state index is 3.74. The Bertz CT molecular complexity index is 845. The van der Waals surface area contributed by atoms with Gasteiger partial charge in [-0.1, -0.05) is 81.4 Å². The molecule has 34 heavy (non-hydrogen) atoms. The van der Waals surface area contributed by atoms with Crippen molar-refractivity contribution in [3.63, 3.8) is 0 Å². The van der Waals surface area contributed by atoms with Crippen LogP contribution in [-0.4, -0.2) is 59.6 Å². The van der Waals surface area contributed by atoms with Gasteiger partial charge in [-0.3, -0.25) is 9.80 Å². The Morgan fingerprint density at radius 3 is 1.88 bits per heavy atom. The third-order valence-corrected chi connectivity index (χ3v) is 7.84. The third kappa shape index (κ3) is 6.91. The minimum absolute atomic E-state index is 0.487. The second-order valence-corrected chi connectivity index (χ2v) is 10.5. The Labute approximate surface area is 208 Å². The fourth-order valence-electron chi connectivity index (χ4n) is 5.43. The van der Waals surface area contributed by atoms with Gasteiger partial charge in [-0.05, 0) is 43.2 Å². The Hall–Kier alpha value is -1.72. The largest absolute Gasteiger partial charge is 0.309 e. The van der Waals surface area contributed by atoms with Crippen LogP contribution in [-0.2, 0) is 13.1 Å². The van der Waals surface area contributed by atoms with Gasteiger partial charge in [0.2, 0.25) is 0 Å². The van der Waals surface area contributed by atoms with E-state index in [0.717, 1.165) is 19.6 Å². The maximum Gasteiger partial charge on any atom is 0.0311 e. The van der Waals surface area contributed by atoms with E-state index in [4.69, 9.17) is 0 Å². The molecule has 1 unspecified atom stereocenters. The molecule has 4 nitrogen and oxygen atoms in total. The molecule has 2 aromatic rings. The Kier molecular flexibility index (Phi) is 8.81. The molecule has 2 heterocycles. The minimum Gasteiger partial charge on any atom is -0.309 e. The van der Waals surface area contributed by atoms with E-state index in [9.17, 15) is 0 Å². The summed E-state index contributed by atoms with van der Waals surface area (Å²) in [5, 5.41) is 7.39. The van der Waals surface area contributed by atoms with E-state index >= 15 is 0 Å². The van der Waals surface area contributed by atoms with Crippen LogP contribution in [0.15, 0.2) is 60.7 Å². The van der Waals surface area contributed by atoms with E-state index < -0.39 is 0 Å². The molecule has 2 N–H and O–H groups in total. The smallest absolute Gasteiger partial charge is 0.0311 e. The van der Waals surface area contributed by atoms with Gasteiger partial charge in [-0.25, -0.2) is 0 Å². The molecule has 4 aliphatic rings. The van der Waals surface area contributed by atoms with Crippen LogP contribution in [0.25, 0.3) is 0 Å². The van der Waals surface area contributed by atoms with Gasteiger partial charge in [0.05, 0.1) is 0 Å². The Morgan fingerprint density at radius 2 is 1.32 bits per heavy atom. The van der Waals surface area contributed by atoms with Crippen LogP contribution in [0.4, 0.5) is 0 Å². The van der Waals surface area contributed by atoms with Crippen LogP contribution in [0.2, 0.25) is 0 Å². The molecule has 0 aromatic heterocycles. The molecule has 6 rings (SSSR count). The topological polar surface area (TPSA) is 30.5 Å². The van der Waals surface area contributed by atoms with Gasteiger partial charge in [-0.2, -0.15) is 0 Å². The van der Waals surface area contributed by atoms with E-state index in [1.54, 1.807) is 0 Å². The molecule has 4 fully saturated rings. The fraction of sp³-hybridized carbons (Fsp3) is 0.600. The molecule has 2 aromatic carbocycles. The molecule has 186 valence electrons. The first-order chi connectivity index (χ1) is 16.7. The summed E-state index contributed by atoms with van der Waals surface area (Å²) in [4.78, 5) is 5.26. The van der Waals surface area contributed by atoms with Crippen molar-refractivity contribution in [2.75, 3.05) is 32.7 Å². The number of rotatable bonds is 5. The first-order valence-corrected chi connectivity index (χ1v) is 13.7. The lowest BCUT2D eigenvalue weighted by atomic mass is 10.0. The minimum atomic E-state index is 0.487. The van der Waals surface area contributed by atoms with Crippen molar-refractivity contribution in [3.05, 3.63) is 71.8 Å². The lowest BCUT2D eigenvalue weighted by Gasteiger charge is -2.40. The second kappa shape index (κ2) is 11.8. The Balaban J connectivity index is 0.000000151. The van der Waals surface area contributed by atoms with E-state index in [0.29, 0.717) is 17.1 Å². The van der Waals surface area contributed by atoms with Gasteiger partial charge in [-0.15, -0.1) is 0 Å². The van der Waals surface area contributed by atoms with Gasteiger partial charge in [0.15, 0.2) is 0 Å². The van der Waals surface area contributed by atoms with Crippen molar-refractivity contribution in [1.29, 1.82) is 0 Å². The molecule has 0 radical (unpaired) electrons. The molecule has 2 saturated heterocycles. The summed E-state index contributed by atoms with van der Waals surface area (Å²) in [5.74, 6) is 0. The summed E-state index contributed by atoms with van der Waals surface area (Å²) in [6.45, 7) is 14.5. The number of nitrogens with one attached hydrogen (secondary N) is 2. The average Bonchev–Trinajstić information content (AvgIpc) is 3.82. The van der Waals surface area contributed by atoms with Crippen molar-refractivity contribution in [3.8, 4) is 0 Å². The molecule has 2 saturated carbocycles. The van der Waals surface area contributed by atoms with Gasteiger partial charge in [0.25, 0.3) is 0 Å². The molecule has 2 spiro atoms. The molecule has 2 aliphatic carbocycles. The lowest BCUT2D eigenvalue weighted by molar-refractivity contribution is 0.110. The average molecular weight is 463 g/mol. The predicted octanol–water partition coefficient (Wildman–Crippen LogP) is 5.05. The summed E-state index contributed by atoms with van der Waals surface area (Å²) in [6, 6.07) is 22.4. The van der Waals surface area contributed by atoms with E-state index in [-0.39, 0.29) is 0 Å². The molecule has 1 atom stereocenters. The van der Waals surface area contributed by atoms with Crippen molar-refractivity contribution < 1.29 is 0 Å². The summed E-state index contributed by atoms with van der Waals surface area (Å²) < 4.78 is 0. The van der Waals surface area contributed by atoms with Gasteiger partial charge in [0, 0.05) is 62.9 Å². The number of nitrogens with zero attached hydrogens (tertiary/aromatic N) is 2. The van der Waals surface area contributed by atoms with Crippen LogP contribution in [0, 0.1) is 0 Å². The number of benzene rings is 2. The summed E-state index contributed by atoms with van der Waals surface area (Å²) in [6.07, 6.45) is 6.73. The standard InChI is InChI=1S/C15H22N2.C13H18N2.C2H6/c1-2-14-10-16-15(8-9-15)12-17(14)11-13-6-4-3-5-7-13;1-2-4-12(5-3-1)10-15-9-8-14-13(11-15)6-7-13;1-2/h3-7,14,16H,2,8-12H2,1H3;1-5,14H,6-11H2;1-2H3. The van der Waals surface area contributed by atoms with E-state index in [1.165, 1.54) is 69.4 Å². The SMILES string of the molecule is CC.CCC1CNC2(CC2)CN1Cc1ccccc1.c1ccc(CN2CCNC3(CC3)C2)cc1. The molecular formula is C30H46N4. The highest BCUT2D eigenvalue weighted by atomic mass is 15.3. The highest BCUT2D eigenvalue weighted by Crippen LogP contribution is 2.39. The lowest BCUT2D eigenvalue weighted by Crippen LogP contribution is -2.57. The molecule has 4 heteroatoms. The van der Waals surface area contributed by atoms with E-state index in [1.807, 2.05) is 13.8 Å². The van der Waals surface area contributed by atoms with Gasteiger partial charge in [0.1, 0.15) is 0 Å². The van der Waals surface area contributed by atoms with Crippen molar-refractivity contribution in [2.24, 2.45) is 0 Å². The molecule has 0 amide bonds. The van der Waals surface area contributed by atoms with Crippen molar-refractivity contribution in [1.82, 2.24) is 20.4 Å². The van der Waals surface area contributed by atoms with Crippen molar-refractivity contribution >= 4 is 0 Å². The zero-order valence-corrected chi connectivity index (χ0v) is 21.7. The maximum absolute atomic E-state index is 3.74. The highest BCUT2D eigenvalue weighted by Gasteiger charge is 2.47. The number of hydrogen-bond donors (Lipinski definition) is 2. The van der Waals surface area contributed by atoms with Crippen LogP contribution in [0.3, 0.4) is 0 Å². The zero-order chi connectivity index (χ0) is 23.9. The highest BCUT2D eigenvalue weighted by molar-refractivity contribution is 5.17. The monoisotopic (exact) mass is 462 g/mol. The quantitative estimate of drug-likeness (QED) is 0.651. The number of piperazine rings is 2. The fourth-order valence-corrected chi connectivity index (χ4v) is 5.43. The van der Waals surface area contributed by atoms with Crippen molar-refractivity contribution in [2.45, 2.75) is 83.1 Å². The van der Waals surface area contributed by atoms with E-state index in [2.05, 4.69) is 88.0 Å². The number of hydrogen-bond acceptors (Lipinski definition) is 4. The van der Waals surface area contributed by atoms with Crippen LogP contribution in [0.1, 0.15) is 64.0 Å². The summed E-state index contributed by atoms with van der Waals surface area (Å²) in [5.41, 5.74) is 3.88. The van der Waals surface area contributed by atoms with Crippen LogP contribution in [0.5, 0.6) is 0 Å². The summed E-state index contributed by atoms with van der Waals surface area (Å²) in [7, 11) is 0. The van der Waals surface area contributed by atoms with Gasteiger partial charge < -0.3 is 10.6 Å². The van der Waals surface area contributed by atoms with Gasteiger partial charge >= 0.3 is 0 Å². The Morgan fingerprint density at radius 1 is 0.765 bits per heavy atom. The summed E-state index contributed by atoms with van der Waals surface area (Å²) >= 11 is 0. The molecule has 2 aliphatic heterocycles. The molecule has 0 bridgehead atoms. The second-order valence-electron chi connectivity index (χ2n) is 10.5.